The number of hydrogen-bond acceptors (Lipinski definition) is 5. The van der Waals surface area contributed by atoms with Crippen LogP contribution in [-0.4, -0.2) is 17.7 Å². The van der Waals surface area contributed by atoms with Crippen molar-refractivity contribution in [1.29, 1.82) is 0 Å². The van der Waals surface area contributed by atoms with Gasteiger partial charge in [0.15, 0.2) is 16.6 Å². The summed E-state index contributed by atoms with van der Waals surface area (Å²) in [6.07, 6.45) is 0. The average molecular weight is 400 g/mol. The maximum absolute atomic E-state index is 12.6. The molecule has 5 nitrogen and oxygen atoms in total. The topological polar surface area (TPSA) is 60.5 Å². The molecule has 0 radical (unpaired) electrons. The van der Waals surface area contributed by atoms with Gasteiger partial charge < -0.3 is 9.47 Å². The van der Waals surface area contributed by atoms with E-state index in [1.807, 2.05) is 78.2 Å². The normalized spacial score (nSPS) is 12.0. The maximum Gasteiger partial charge on any atom is 0.257 e. The number of fused-ring (bicyclic) bond motifs is 1. The smallest absolute Gasteiger partial charge is 0.257 e. The summed E-state index contributed by atoms with van der Waals surface area (Å²) >= 11 is 1.39. The predicted molar refractivity (Wildman–Crippen MR) is 114 cm³/mol. The van der Waals surface area contributed by atoms with Gasteiger partial charge in [-0.25, -0.2) is 4.98 Å². The number of aromatic nitrogens is 1. The molecule has 0 unspecified atom stereocenters. The Bertz CT molecular complexity index is 1170. The van der Waals surface area contributed by atoms with Gasteiger partial charge in [-0.15, -0.1) is 11.3 Å². The van der Waals surface area contributed by atoms with E-state index in [4.69, 9.17) is 9.47 Å². The molecule has 29 heavy (non-hydrogen) atoms. The van der Waals surface area contributed by atoms with Crippen molar-refractivity contribution in [2.45, 2.75) is 0 Å². The summed E-state index contributed by atoms with van der Waals surface area (Å²) in [6.45, 7) is 0.236. The third kappa shape index (κ3) is 3.58. The Balaban J connectivity index is 1.30. The Morgan fingerprint density at radius 2 is 1.59 bits per heavy atom. The number of thiazole rings is 1. The van der Waals surface area contributed by atoms with E-state index in [-0.39, 0.29) is 12.7 Å². The van der Waals surface area contributed by atoms with Crippen LogP contribution >= 0.6 is 11.3 Å². The van der Waals surface area contributed by atoms with Crippen LogP contribution in [0.2, 0.25) is 0 Å². The Morgan fingerprint density at radius 3 is 2.41 bits per heavy atom. The highest BCUT2D eigenvalue weighted by molar-refractivity contribution is 7.14. The SMILES string of the molecule is O=C(Nc1nc(-c2ccc3c(c2)OCO3)cs1)c1ccc(-c2ccccc2)cc1. The zero-order valence-corrected chi connectivity index (χ0v) is 16.1. The fourth-order valence-electron chi connectivity index (χ4n) is 3.13. The van der Waals surface area contributed by atoms with E-state index in [1.165, 1.54) is 11.3 Å². The predicted octanol–water partition coefficient (Wildman–Crippen LogP) is 5.46. The third-order valence-electron chi connectivity index (χ3n) is 4.65. The van der Waals surface area contributed by atoms with E-state index in [9.17, 15) is 4.79 Å². The van der Waals surface area contributed by atoms with Crippen molar-refractivity contribution >= 4 is 22.4 Å². The first-order chi connectivity index (χ1) is 14.3. The van der Waals surface area contributed by atoms with Crippen LogP contribution in [-0.2, 0) is 0 Å². The maximum atomic E-state index is 12.6. The zero-order valence-electron chi connectivity index (χ0n) is 15.3. The van der Waals surface area contributed by atoms with Crippen molar-refractivity contribution in [2.75, 3.05) is 12.1 Å². The van der Waals surface area contributed by atoms with Crippen molar-refractivity contribution in [2.24, 2.45) is 0 Å². The second kappa shape index (κ2) is 7.41. The summed E-state index contributed by atoms with van der Waals surface area (Å²) < 4.78 is 10.8. The van der Waals surface area contributed by atoms with Crippen LogP contribution in [0.1, 0.15) is 10.4 Å². The van der Waals surface area contributed by atoms with E-state index in [2.05, 4.69) is 10.3 Å². The lowest BCUT2D eigenvalue weighted by Gasteiger charge is -2.05. The molecule has 142 valence electrons. The molecule has 0 atom stereocenters. The van der Waals surface area contributed by atoms with E-state index in [0.717, 1.165) is 28.1 Å². The van der Waals surface area contributed by atoms with Gasteiger partial charge >= 0.3 is 0 Å². The Labute approximate surface area is 171 Å². The van der Waals surface area contributed by atoms with Crippen molar-refractivity contribution in [1.82, 2.24) is 4.98 Å². The highest BCUT2D eigenvalue weighted by Gasteiger charge is 2.16. The van der Waals surface area contributed by atoms with Crippen LogP contribution in [0.5, 0.6) is 11.5 Å². The van der Waals surface area contributed by atoms with E-state index in [0.29, 0.717) is 16.4 Å². The van der Waals surface area contributed by atoms with Gasteiger partial charge in [0.1, 0.15) is 0 Å². The van der Waals surface area contributed by atoms with Gasteiger partial charge in [-0.3, -0.25) is 10.1 Å². The molecule has 4 aromatic rings. The van der Waals surface area contributed by atoms with E-state index < -0.39 is 0 Å². The standard InChI is InChI=1S/C23H16N2O3S/c26-22(17-8-6-16(7-9-17)15-4-2-1-3-5-15)25-23-24-19(13-29-23)18-10-11-20-21(12-18)28-14-27-20/h1-13H,14H2,(H,24,25,26). The number of rotatable bonds is 4. The number of amides is 1. The lowest BCUT2D eigenvalue weighted by molar-refractivity contribution is 0.102. The van der Waals surface area contributed by atoms with Crippen LogP contribution in [0, 0.1) is 0 Å². The average Bonchev–Trinajstić information content (AvgIpc) is 3.43. The zero-order chi connectivity index (χ0) is 19.6. The molecule has 1 aliphatic heterocycles. The monoisotopic (exact) mass is 400 g/mol. The molecular formula is C23H16N2O3S. The second-order valence-electron chi connectivity index (χ2n) is 6.50. The molecule has 6 heteroatoms. The van der Waals surface area contributed by atoms with E-state index in [1.54, 1.807) is 0 Å². The number of nitrogens with one attached hydrogen (secondary N) is 1. The lowest BCUT2D eigenvalue weighted by atomic mass is 10.0. The molecule has 1 aliphatic rings. The molecule has 1 amide bonds. The van der Waals surface area contributed by atoms with Gasteiger partial charge in [-0.1, -0.05) is 42.5 Å². The molecule has 0 aliphatic carbocycles. The summed E-state index contributed by atoms with van der Waals surface area (Å²) in [6, 6.07) is 23.3. The number of carbonyl (C=O) groups excluding carboxylic acids is 1. The van der Waals surface area contributed by atoms with Crippen LogP contribution in [0.15, 0.2) is 78.2 Å². The molecule has 3 aromatic carbocycles. The molecule has 1 aromatic heterocycles. The molecular weight excluding hydrogens is 384 g/mol. The first kappa shape index (κ1) is 17.5. The molecule has 2 heterocycles. The number of anilines is 1. The van der Waals surface area contributed by atoms with Gasteiger partial charge in [0.25, 0.3) is 5.91 Å². The lowest BCUT2D eigenvalue weighted by Crippen LogP contribution is -2.11. The minimum absolute atomic E-state index is 0.184. The molecule has 1 N–H and O–H groups in total. The summed E-state index contributed by atoms with van der Waals surface area (Å²) in [4.78, 5) is 17.1. The van der Waals surface area contributed by atoms with Gasteiger partial charge in [-0.2, -0.15) is 0 Å². The van der Waals surface area contributed by atoms with Gasteiger partial charge in [0, 0.05) is 16.5 Å². The minimum atomic E-state index is -0.184. The Hall–Kier alpha value is -3.64. The third-order valence-corrected chi connectivity index (χ3v) is 5.40. The fraction of sp³-hybridized carbons (Fsp3) is 0.0435. The Morgan fingerprint density at radius 1 is 0.862 bits per heavy atom. The van der Waals surface area contributed by atoms with Crippen LogP contribution in [0.25, 0.3) is 22.4 Å². The quantitative estimate of drug-likeness (QED) is 0.494. The summed E-state index contributed by atoms with van der Waals surface area (Å²) in [5, 5.41) is 5.33. The minimum Gasteiger partial charge on any atom is -0.454 e. The Kier molecular flexibility index (Phi) is 4.46. The number of ether oxygens (including phenoxy) is 2. The first-order valence-corrected chi connectivity index (χ1v) is 9.97. The second-order valence-corrected chi connectivity index (χ2v) is 7.36. The van der Waals surface area contributed by atoms with Gasteiger partial charge in [0.05, 0.1) is 5.69 Å². The summed E-state index contributed by atoms with van der Waals surface area (Å²) in [7, 11) is 0. The van der Waals surface area contributed by atoms with Crippen molar-refractivity contribution in [3.05, 3.63) is 83.7 Å². The highest BCUT2D eigenvalue weighted by atomic mass is 32.1. The summed E-state index contributed by atoms with van der Waals surface area (Å²) in [5.41, 5.74) is 4.47. The van der Waals surface area contributed by atoms with Crippen molar-refractivity contribution < 1.29 is 14.3 Å². The van der Waals surface area contributed by atoms with Gasteiger partial charge in [-0.05, 0) is 41.5 Å². The van der Waals surface area contributed by atoms with E-state index >= 15 is 0 Å². The number of benzene rings is 3. The van der Waals surface area contributed by atoms with Crippen LogP contribution in [0.4, 0.5) is 5.13 Å². The molecule has 5 rings (SSSR count). The van der Waals surface area contributed by atoms with Crippen molar-refractivity contribution in [3.63, 3.8) is 0 Å². The number of nitrogens with zero attached hydrogens (tertiary/aromatic N) is 1. The fourth-order valence-corrected chi connectivity index (χ4v) is 3.85. The largest absolute Gasteiger partial charge is 0.454 e. The molecule has 0 saturated carbocycles. The molecule has 0 saturated heterocycles. The number of hydrogen-bond donors (Lipinski definition) is 1. The molecule has 0 spiro atoms. The van der Waals surface area contributed by atoms with Crippen LogP contribution < -0.4 is 14.8 Å². The summed E-state index contributed by atoms with van der Waals surface area (Å²) in [5.74, 6) is 1.26. The molecule has 0 bridgehead atoms. The highest BCUT2D eigenvalue weighted by Crippen LogP contribution is 2.36. The molecule has 0 fully saturated rings. The first-order valence-electron chi connectivity index (χ1n) is 9.09. The number of carbonyl (C=O) groups is 1. The van der Waals surface area contributed by atoms with Crippen LogP contribution in [0.3, 0.4) is 0 Å². The van der Waals surface area contributed by atoms with Gasteiger partial charge in [0.2, 0.25) is 6.79 Å². The van der Waals surface area contributed by atoms with Crippen molar-refractivity contribution in [3.8, 4) is 33.9 Å².